The third-order valence-corrected chi connectivity index (χ3v) is 12.3. The molecule has 0 unspecified atom stereocenters. The summed E-state index contributed by atoms with van der Waals surface area (Å²) in [6.07, 6.45) is 0. The Morgan fingerprint density at radius 2 is 0.807 bits per heavy atom. The Labute approximate surface area is 331 Å². The van der Waals surface area contributed by atoms with Crippen LogP contribution in [0.2, 0.25) is 0 Å². The average molecular weight is 726 g/mol. The summed E-state index contributed by atoms with van der Waals surface area (Å²) < 4.78 is 6.55. The zero-order valence-electron chi connectivity index (χ0n) is 31.1. The van der Waals surface area contributed by atoms with Crippen LogP contribution in [0.15, 0.2) is 217 Å². The highest BCUT2D eigenvalue weighted by Crippen LogP contribution is 2.63. The lowest BCUT2D eigenvalue weighted by molar-refractivity contribution is 0.670. The molecule has 1 spiro atoms. The second kappa shape index (κ2) is 12.3. The first kappa shape index (κ1) is 31.9. The minimum Gasteiger partial charge on any atom is -0.455 e. The van der Waals surface area contributed by atoms with E-state index in [-0.39, 0.29) is 0 Å². The number of hydrogen-bond acceptors (Lipinski definition) is 2. The molecule has 0 saturated carbocycles. The van der Waals surface area contributed by atoms with Crippen molar-refractivity contribution in [1.82, 2.24) is 0 Å². The van der Waals surface area contributed by atoms with E-state index in [0.29, 0.717) is 0 Å². The Balaban J connectivity index is 1.10. The first-order valence-corrected chi connectivity index (χ1v) is 19.7. The molecule has 2 aliphatic carbocycles. The lowest BCUT2D eigenvalue weighted by Crippen LogP contribution is -2.26. The molecule has 0 radical (unpaired) electrons. The van der Waals surface area contributed by atoms with Gasteiger partial charge in [0.25, 0.3) is 0 Å². The Morgan fingerprint density at radius 3 is 1.51 bits per heavy atom. The zero-order chi connectivity index (χ0) is 37.5. The molecule has 2 aliphatic rings. The molecule has 10 aromatic rings. The Morgan fingerprint density at radius 1 is 0.316 bits per heavy atom. The molecular weight excluding hydrogens is 691 g/mol. The summed E-state index contributed by atoms with van der Waals surface area (Å²) in [6.45, 7) is 0. The summed E-state index contributed by atoms with van der Waals surface area (Å²) in [4.78, 5) is 2.43. The first-order valence-electron chi connectivity index (χ1n) is 19.7. The summed E-state index contributed by atoms with van der Waals surface area (Å²) >= 11 is 0. The third kappa shape index (κ3) is 4.59. The van der Waals surface area contributed by atoms with Gasteiger partial charge in [-0.2, -0.15) is 0 Å². The van der Waals surface area contributed by atoms with Gasteiger partial charge in [0.15, 0.2) is 0 Å². The molecule has 12 rings (SSSR count). The molecule has 2 nitrogen and oxygen atoms in total. The standard InChI is InChI=1S/C55H35NO/c1-2-15-36(16-3-1)37-17-12-19-39(33-37)56(40-20-13-18-38(34-40)42-25-14-26-48-47-24-7-11-30-53(47)57-54(42)48)41-31-32-46-45-23-6-10-29-51(45)55(52(46)35-41)49-27-8-4-21-43(49)44-22-5-9-28-50(44)55/h1-35H. The van der Waals surface area contributed by atoms with Crippen LogP contribution in [-0.4, -0.2) is 0 Å². The normalized spacial score (nSPS) is 13.1. The quantitative estimate of drug-likeness (QED) is 0.176. The number of hydrogen-bond donors (Lipinski definition) is 0. The molecule has 0 aliphatic heterocycles. The van der Waals surface area contributed by atoms with E-state index < -0.39 is 5.41 Å². The fourth-order valence-electron chi connectivity index (χ4n) is 9.91. The van der Waals surface area contributed by atoms with Crippen LogP contribution in [0.25, 0.3) is 66.4 Å². The van der Waals surface area contributed by atoms with Gasteiger partial charge in [0.1, 0.15) is 11.2 Å². The van der Waals surface area contributed by atoms with Crippen molar-refractivity contribution in [3.8, 4) is 44.5 Å². The van der Waals surface area contributed by atoms with Crippen molar-refractivity contribution in [3.05, 3.63) is 235 Å². The van der Waals surface area contributed by atoms with Crippen LogP contribution in [0.5, 0.6) is 0 Å². The van der Waals surface area contributed by atoms with Gasteiger partial charge in [0.2, 0.25) is 0 Å². The van der Waals surface area contributed by atoms with Crippen molar-refractivity contribution < 1.29 is 4.42 Å². The SMILES string of the molecule is c1ccc(-c2cccc(N(c3cccc(-c4cccc5c4oc4ccccc45)c3)c3ccc4c(c3)C3(c5ccccc5-c5ccccc53)c3ccccc3-4)c2)cc1. The maximum Gasteiger partial charge on any atom is 0.143 e. The fraction of sp³-hybridized carbons (Fsp3) is 0.0182. The minimum absolute atomic E-state index is 0.439. The summed E-state index contributed by atoms with van der Waals surface area (Å²) in [7, 11) is 0. The van der Waals surface area contributed by atoms with E-state index in [0.717, 1.165) is 50.1 Å². The van der Waals surface area contributed by atoms with Crippen molar-refractivity contribution in [1.29, 1.82) is 0 Å². The Kier molecular flexibility index (Phi) is 6.88. The molecule has 57 heavy (non-hydrogen) atoms. The Hall–Kier alpha value is -7.42. The molecule has 9 aromatic carbocycles. The third-order valence-electron chi connectivity index (χ3n) is 12.3. The average Bonchev–Trinajstić information content (AvgIpc) is 3.91. The van der Waals surface area contributed by atoms with E-state index in [1.165, 1.54) is 55.6 Å². The van der Waals surface area contributed by atoms with Gasteiger partial charge in [0.05, 0.1) is 5.41 Å². The topological polar surface area (TPSA) is 16.4 Å². The van der Waals surface area contributed by atoms with E-state index in [4.69, 9.17) is 4.42 Å². The lowest BCUT2D eigenvalue weighted by Gasteiger charge is -2.32. The molecule has 0 N–H and O–H groups in total. The lowest BCUT2D eigenvalue weighted by atomic mass is 9.70. The van der Waals surface area contributed by atoms with Crippen LogP contribution in [0, 0.1) is 0 Å². The predicted octanol–water partition coefficient (Wildman–Crippen LogP) is 14.7. The summed E-state index contributed by atoms with van der Waals surface area (Å²) in [6, 6.07) is 77.5. The number of para-hydroxylation sites is 2. The fourth-order valence-corrected chi connectivity index (χ4v) is 9.91. The van der Waals surface area contributed by atoms with Crippen LogP contribution in [0.3, 0.4) is 0 Å². The molecule has 1 aromatic heterocycles. The van der Waals surface area contributed by atoms with Gasteiger partial charge in [-0.1, -0.05) is 170 Å². The summed E-state index contributed by atoms with van der Waals surface area (Å²) in [5, 5.41) is 2.26. The number of benzene rings is 9. The maximum absolute atomic E-state index is 6.55. The number of anilines is 3. The summed E-state index contributed by atoms with van der Waals surface area (Å²) in [5.41, 5.74) is 19.7. The van der Waals surface area contributed by atoms with Crippen molar-refractivity contribution in [2.45, 2.75) is 5.41 Å². The molecular formula is C55H35NO. The van der Waals surface area contributed by atoms with Crippen LogP contribution in [0.4, 0.5) is 17.1 Å². The van der Waals surface area contributed by atoms with Gasteiger partial charge in [-0.15, -0.1) is 0 Å². The molecule has 0 atom stereocenters. The monoisotopic (exact) mass is 725 g/mol. The molecule has 1 heterocycles. The van der Waals surface area contributed by atoms with Crippen LogP contribution in [-0.2, 0) is 5.41 Å². The van der Waals surface area contributed by atoms with Crippen molar-refractivity contribution in [2.75, 3.05) is 4.90 Å². The van der Waals surface area contributed by atoms with Gasteiger partial charge >= 0.3 is 0 Å². The molecule has 0 amide bonds. The van der Waals surface area contributed by atoms with Crippen LogP contribution in [0.1, 0.15) is 22.3 Å². The highest BCUT2D eigenvalue weighted by Gasteiger charge is 2.51. The summed E-state index contributed by atoms with van der Waals surface area (Å²) in [5.74, 6) is 0. The van der Waals surface area contributed by atoms with E-state index >= 15 is 0 Å². The highest BCUT2D eigenvalue weighted by molar-refractivity contribution is 6.09. The van der Waals surface area contributed by atoms with E-state index in [9.17, 15) is 0 Å². The van der Waals surface area contributed by atoms with Crippen molar-refractivity contribution in [3.63, 3.8) is 0 Å². The number of furan rings is 1. The van der Waals surface area contributed by atoms with Gasteiger partial charge in [-0.3, -0.25) is 0 Å². The van der Waals surface area contributed by atoms with Gasteiger partial charge in [-0.25, -0.2) is 0 Å². The second-order valence-electron chi connectivity index (χ2n) is 15.2. The first-order chi connectivity index (χ1) is 28.3. The number of nitrogens with zero attached hydrogens (tertiary/aromatic N) is 1. The maximum atomic E-state index is 6.55. The minimum atomic E-state index is -0.439. The van der Waals surface area contributed by atoms with Gasteiger partial charge in [-0.05, 0) is 104 Å². The van der Waals surface area contributed by atoms with E-state index in [1.54, 1.807) is 0 Å². The molecule has 266 valence electrons. The number of fused-ring (bicyclic) bond motifs is 13. The van der Waals surface area contributed by atoms with E-state index in [1.807, 2.05) is 6.07 Å². The van der Waals surface area contributed by atoms with Crippen LogP contribution >= 0.6 is 0 Å². The predicted molar refractivity (Wildman–Crippen MR) is 236 cm³/mol. The number of rotatable bonds is 5. The van der Waals surface area contributed by atoms with Gasteiger partial charge in [0, 0.05) is 33.4 Å². The van der Waals surface area contributed by atoms with Gasteiger partial charge < -0.3 is 9.32 Å². The molecule has 0 fully saturated rings. The zero-order valence-corrected chi connectivity index (χ0v) is 31.1. The smallest absolute Gasteiger partial charge is 0.143 e. The van der Waals surface area contributed by atoms with Crippen LogP contribution < -0.4 is 4.90 Å². The Bertz CT molecular complexity index is 3140. The van der Waals surface area contributed by atoms with Crippen molar-refractivity contribution in [2.24, 2.45) is 0 Å². The molecule has 0 saturated heterocycles. The van der Waals surface area contributed by atoms with Crippen molar-refractivity contribution >= 4 is 39.0 Å². The molecule has 0 bridgehead atoms. The second-order valence-corrected chi connectivity index (χ2v) is 15.2. The molecule has 2 heteroatoms. The van der Waals surface area contributed by atoms with E-state index in [2.05, 4.69) is 211 Å². The largest absolute Gasteiger partial charge is 0.455 e. The highest BCUT2D eigenvalue weighted by atomic mass is 16.3.